The van der Waals surface area contributed by atoms with Crippen LogP contribution in [-0.2, 0) is 26.2 Å². The number of hydrogen-bond acceptors (Lipinski definition) is 5. The van der Waals surface area contributed by atoms with E-state index < -0.39 is 28.5 Å². The van der Waals surface area contributed by atoms with Crippen LogP contribution in [0.5, 0.6) is 5.75 Å². The molecule has 0 aromatic heterocycles. The summed E-state index contributed by atoms with van der Waals surface area (Å²) in [7, 11) is -4.19. The first kappa shape index (κ1) is 33.1. The summed E-state index contributed by atoms with van der Waals surface area (Å²) < 4.78 is 35.3. The Kier molecular flexibility index (Phi) is 11.4. The largest absolute Gasteiger partial charge is 0.494 e. The van der Waals surface area contributed by atoms with E-state index >= 15 is 0 Å². The molecule has 1 aliphatic rings. The summed E-state index contributed by atoms with van der Waals surface area (Å²) in [5.41, 5.74) is 0.920. The van der Waals surface area contributed by atoms with Gasteiger partial charge in [-0.15, -0.1) is 0 Å². The van der Waals surface area contributed by atoms with Crippen LogP contribution in [0.1, 0.15) is 45.1 Å². The Morgan fingerprint density at radius 1 is 1.00 bits per heavy atom. The molecule has 1 atom stereocenters. The van der Waals surface area contributed by atoms with Crippen molar-refractivity contribution in [3.05, 3.63) is 86.8 Å². The average molecular weight is 712 g/mol. The predicted molar refractivity (Wildman–Crippen MR) is 173 cm³/mol. The molecule has 0 unspecified atom stereocenters. The zero-order chi connectivity index (χ0) is 31.1. The predicted octanol–water partition coefficient (Wildman–Crippen LogP) is 6.83. The van der Waals surface area contributed by atoms with Gasteiger partial charge in [-0.25, -0.2) is 8.42 Å². The maximum atomic E-state index is 14.1. The topological polar surface area (TPSA) is 96.0 Å². The summed E-state index contributed by atoms with van der Waals surface area (Å²) in [5.74, 6) is -0.296. The summed E-state index contributed by atoms with van der Waals surface area (Å²) >= 11 is 15.7. The van der Waals surface area contributed by atoms with Crippen LogP contribution in [0.2, 0.25) is 10.0 Å². The Bertz CT molecular complexity index is 1530. The van der Waals surface area contributed by atoms with Gasteiger partial charge in [0.25, 0.3) is 10.0 Å². The molecule has 1 fully saturated rings. The lowest BCUT2D eigenvalue weighted by atomic mass is 10.1. The number of nitrogens with one attached hydrogen (secondary N) is 1. The van der Waals surface area contributed by atoms with Gasteiger partial charge in [-0.3, -0.25) is 13.9 Å². The van der Waals surface area contributed by atoms with Crippen molar-refractivity contribution in [1.82, 2.24) is 10.2 Å². The Hall–Kier alpha value is -2.79. The SMILES string of the molecule is CCOc1ccc(N(CC(=O)N(Cc2ccc(Cl)c(Cl)c2)[C@H](C)C(=O)NC2CCCC2)S(=O)(=O)c2ccc(Br)cc2)cc1. The lowest BCUT2D eigenvalue weighted by Gasteiger charge is -2.32. The van der Waals surface area contributed by atoms with Gasteiger partial charge >= 0.3 is 0 Å². The van der Waals surface area contributed by atoms with Crippen LogP contribution in [0.4, 0.5) is 5.69 Å². The van der Waals surface area contributed by atoms with Crippen molar-refractivity contribution in [3.8, 4) is 5.75 Å². The van der Waals surface area contributed by atoms with Gasteiger partial charge in [0.1, 0.15) is 18.3 Å². The quantitative estimate of drug-likeness (QED) is 0.223. The zero-order valence-electron chi connectivity index (χ0n) is 23.9. The maximum Gasteiger partial charge on any atom is 0.264 e. The number of carbonyl (C=O) groups excluding carboxylic acids is 2. The summed E-state index contributed by atoms with van der Waals surface area (Å²) in [4.78, 5) is 28.9. The molecule has 43 heavy (non-hydrogen) atoms. The van der Waals surface area contributed by atoms with Crippen LogP contribution in [0, 0.1) is 0 Å². The van der Waals surface area contributed by atoms with Gasteiger partial charge in [0.2, 0.25) is 11.8 Å². The zero-order valence-corrected chi connectivity index (χ0v) is 27.8. The van der Waals surface area contributed by atoms with Gasteiger partial charge in [-0.1, -0.05) is 58.0 Å². The molecule has 0 aliphatic heterocycles. The smallest absolute Gasteiger partial charge is 0.264 e. The molecule has 4 rings (SSSR count). The van der Waals surface area contributed by atoms with Crippen molar-refractivity contribution >= 4 is 66.7 Å². The lowest BCUT2D eigenvalue weighted by molar-refractivity contribution is -0.139. The van der Waals surface area contributed by atoms with E-state index in [1.807, 2.05) is 6.92 Å². The number of hydrogen-bond donors (Lipinski definition) is 1. The number of ether oxygens (including phenoxy) is 1. The lowest BCUT2D eigenvalue weighted by Crippen LogP contribution is -2.52. The number of halogens is 3. The molecule has 0 radical (unpaired) electrons. The number of anilines is 1. The van der Waals surface area contributed by atoms with Crippen molar-refractivity contribution < 1.29 is 22.7 Å². The van der Waals surface area contributed by atoms with E-state index in [1.165, 1.54) is 17.0 Å². The first-order valence-electron chi connectivity index (χ1n) is 14.0. The van der Waals surface area contributed by atoms with Crippen molar-refractivity contribution in [2.75, 3.05) is 17.5 Å². The number of sulfonamides is 1. The highest BCUT2D eigenvalue weighted by molar-refractivity contribution is 9.10. The van der Waals surface area contributed by atoms with Crippen LogP contribution >= 0.6 is 39.1 Å². The fourth-order valence-corrected chi connectivity index (χ4v) is 6.95. The second-order valence-electron chi connectivity index (χ2n) is 10.3. The molecule has 1 saturated carbocycles. The number of amides is 2. The van der Waals surface area contributed by atoms with Gasteiger partial charge < -0.3 is 15.0 Å². The van der Waals surface area contributed by atoms with E-state index in [0.717, 1.165) is 30.0 Å². The Morgan fingerprint density at radius 2 is 1.65 bits per heavy atom. The van der Waals surface area contributed by atoms with Gasteiger partial charge in [0, 0.05) is 17.1 Å². The number of rotatable bonds is 12. The third-order valence-electron chi connectivity index (χ3n) is 7.32. The molecule has 3 aromatic carbocycles. The van der Waals surface area contributed by atoms with Crippen LogP contribution in [0.25, 0.3) is 0 Å². The molecule has 0 spiro atoms. The van der Waals surface area contributed by atoms with E-state index in [2.05, 4.69) is 21.2 Å². The fraction of sp³-hybridized carbons (Fsp3) is 0.355. The third-order valence-corrected chi connectivity index (χ3v) is 10.4. The highest BCUT2D eigenvalue weighted by Crippen LogP contribution is 2.28. The molecule has 8 nitrogen and oxygen atoms in total. The molecular weight excluding hydrogens is 677 g/mol. The highest BCUT2D eigenvalue weighted by atomic mass is 79.9. The van der Waals surface area contributed by atoms with E-state index in [9.17, 15) is 18.0 Å². The molecule has 12 heteroatoms. The highest BCUT2D eigenvalue weighted by Gasteiger charge is 2.33. The second-order valence-corrected chi connectivity index (χ2v) is 13.9. The van der Waals surface area contributed by atoms with Gasteiger partial charge in [-0.2, -0.15) is 0 Å². The summed E-state index contributed by atoms with van der Waals surface area (Å²) in [6.07, 6.45) is 3.85. The van der Waals surface area contributed by atoms with Crippen molar-refractivity contribution in [1.29, 1.82) is 0 Å². The fourth-order valence-electron chi connectivity index (χ4n) is 4.95. The average Bonchev–Trinajstić information content (AvgIpc) is 3.50. The van der Waals surface area contributed by atoms with E-state index in [0.29, 0.717) is 32.4 Å². The molecule has 230 valence electrons. The van der Waals surface area contributed by atoms with Gasteiger partial charge in [0.15, 0.2) is 0 Å². The molecule has 1 aliphatic carbocycles. The minimum atomic E-state index is -4.19. The molecule has 0 saturated heterocycles. The van der Waals surface area contributed by atoms with Crippen LogP contribution in [0.3, 0.4) is 0 Å². The van der Waals surface area contributed by atoms with Gasteiger partial charge in [0.05, 0.1) is 27.2 Å². The Labute approximate surface area is 271 Å². The Balaban J connectivity index is 1.70. The molecule has 3 aromatic rings. The molecular formula is C31H34BrCl2N3O5S. The first-order valence-corrected chi connectivity index (χ1v) is 17.0. The van der Waals surface area contributed by atoms with Crippen molar-refractivity contribution in [2.24, 2.45) is 0 Å². The summed E-state index contributed by atoms with van der Waals surface area (Å²) in [5, 5.41) is 3.72. The standard InChI is InChI=1S/C31H34BrCl2N3O5S/c1-3-42-26-13-11-25(12-14-26)37(43(40,41)27-15-9-23(32)10-16-27)20-30(38)36(19-22-8-17-28(33)29(34)18-22)21(2)31(39)35-24-6-4-5-7-24/h8-18,21,24H,3-7,19-20H2,1-2H3,(H,35,39)/t21-/m1/s1. The van der Waals surface area contributed by atoms with Crippen LogP contribution < -0.4 is 14.4 Å². The molecule has 0 bridgehead atoms. The van der Waals surface area contributed by atoms with Crippen molar-refractivity contribution in [2.45, 2.75) is 63.1 Å². The van der Waals surface area contributed by atoms with E-state index in [4.69, 9.17) is 27.9 Å². The van der Waals surface area contributed by atoms with E-state index in [-0.39, 0.29) is 29.1 Å². The van der Waals surface area contributed by atoms with Crippen LogP contribution in [0.15, 0.2) is 76.1 Å². The van der Waals surface area contributed by atoms with Crippen molar-refractivity contribution in [3.63, 3.8) is 0 Å². The number of benzene rings is 3. The summed E-state index contributed by atoms with van der Waals surface area (Å²) in [6, 6.07) is 16.8. The number of nitrogens with zero attached hydrogens (tertiary/aromatic N) is 2. The maximum absolute atomic E-state index is 14.1. The normalized spacial score (nSPS) is 14.3. The Morgan fingerprint density at radius 3 is 2.26 bits per heavy atom. The third kappa shape index (κ3) is 8.44. The molecule has 0 heterocycles. The van der Waals surface area contributed by atoms with Gasteiger partial charge in [-0.05, 0) is 92.9 Å². The first-order chi connectivity index (χ1) is 20.5. The molecule has 2 amide bonds. The van der Waals surface area contributed by atoms with Crippen LogP contribution in [-0.4, -0.2) is 50.4 Å². The summed E-state index contributed by atoms with van der Waals surface area (Å²) in [6.45, 7) is 3.41. The second kappa shape index (κ2) is 14.8. The van der Waals surface area contributed by atoms with E-state index in [1.54, 1.807) is 61.5 Å². The minimum Gasteiger partial charge on any atom is -0.494 e. The number of carbonyl (C=O) groups is 2. The minimum absolute atomic E-state index is 0.0143. The molecule has 1 N–H and O–H groups in total. The monoisotopic (exact) mass is 709 g/mol.